The first-order chi connectivity index (χ1) is 39.5. The fourth-order valence-electron chi connectivity index (χ4n) is 11.4. The van der Waals surface area contributed by atoms with Crippen molar-refractivity contribution < 1.29 is 24.5 Å². The molecule has 0 aromatic rings. The number of aliphatic hydroxyl groups is 2. The van der Waals surface area contributed by atoms with Crippen LogP contribution in [0.25, 0.3) is 0 Å². The molecule has 2 atom stereocenters. The molecule has 0 saturated heterocycles. The lowest BCUT2D eigenvalue weighted by Crippen LogP contribution is -2.45. The molecular formula is C74H141NO5. The summed E-state index contributed by atoms with van der Waals surface area (Å²) < 4.78 is 5.44. The van der Waals surface area contributed by atoms with Crippen LogP contribution in [0.15, 0.2) is 36.5 Å². The van der Waals surface area contributed by atoms with Gasteiger partial charge in [0.2, 0.25) is 5.91 Å². The molecule has 0 rings (SSSR count). The SMILES string of the molecule is CCCCCCCCCCCCCCCCCCCCCCCC/C=C/C(O)C(CO)NC(=O)CCCCCCCCCCCCCCCC/C=C\C/C=C\CCOC(=O)CCCCCCCCCCCCCCCCCCCC. The highest BCUT2D eigenvalue weighted by Gasteiger charge is 2.18. The van der Waals surface area contributed by atoms with Gasteiger partial charge >= 0.3 is 5.97 Å². The van der Waals surface area contributed by atoms with Gasteiger partial charge in [0.15, 0.2) is 0 Å². The number of unbranched alkanes of at least 4 members (excludes halogenated alkanes) is 53. The minimum absolute atomic E-state index is 0.0306. The number of amides is 1. The molecule has 0 radical (unpaired) electrons. The molecule has 6 nitrogen and oxygen atoms in total. The van der Waals surface area contributed by atoms with Gasteiger partial charge in [-0.1, -0.05) is 371 Å². The van der Waals surface area contributed by atoms with Crippen molar-refractivity contribution in [1.29, 1.82) is 0 Å². The molecule has 3 N–H and O–H groups in total. The Labute approximate surface area is 500 Å². The number of rotatable bonds is 68. The maximum absolute atomic E-state index is 12.5. The number of aliphatic hydroxyl groups excluding tert-OH is 2. The summed E-state index contributed by atoms with van der Waals surface area (Å²) in [6, 6.07) is -0.634. The number of hydrogen-bond acceptors (Lipinski definition) is 5. The van der Waals surface area contributed by atoms with E-state index >= 15 is 0 Å². The van der Waals surface area contributed by atoms with E-state index < -0.39 is 12.1 Å². The third-order valence-electron chi connectivity index (χ3n) is 16.9. The van der Waals surface area contributed by atoms with Crippen molar-refractivity contribution in [2.75, 3.05) is 13.2 Å². The van der Waals surface area contributed by atoms with Crippen LogP contribution in [-0.4, -0.2) is 47.4 Å². The molecule has 0 fully saturated rings. The second-order valence-electron chi connectivity index (χ2n) is 24.9. The lowest BCUT2D eigenvalue weighted by molar-refractivity contribution is -0.143. The van der Waals surface area contributed by atoms with Crippen molar-refractivity contribution in [3.05, 3.63) is 36.5 Å². The Morgan fingerprint density at radius 3 is 0.950 bits per heavy atom. The van der Waals surface area contributed by atoms with Crippen molar-refractivity contribution in [3.63, 3.8) is 0 Å². The third kappa shape index (κ3) is 65.2. The highest BCUT2D eigenvalue weighted by atomic mass is 16.5. The van der Waals surface area contributed by atoms with Gasteiger partial charge in [-0.05, 0) is 51.4 Å². The second kappa shape index (κ2) is 69.6. The molecule has 0 aliphatic heterocycles. The Bertz CT molecular complexity index is 1300. The summed E-state index contributed by atoms with van der Waals surface area (Å²) in [5.41, 5.74) is 0. The standard InChI is InChI=1S/C74H141NO5/c1-3-5-7-9-11-13-15-17-19-21-23-24-25-26-28-31-34-38-42-46-50-54-58-62-66-72(77)71(70-76)75-73(78)67-63-59-55-51-47-43-39-35-32-29-27-30-33-37-41-45-49-53-57-61-65-69-80-74(79)68-64-60-56-52-48-44-40-36-22-20-18-16-14-12-10-8-6-4-2/h45,49,57,61-62,66,71-72,76-77H,3-44,46-48,50-56,58-60,63-65,67-70H2,1-2H3,(H,75,78)/b49-45-,61-57-,66-62+. The van der Waals surface area contributed by atoms with E-state index in [1.807, 2.05) is 6.08 Å². The van der Waals surface area contributed by atoms with Gasteiger partial charge in [-0.25, -0.2) is 0 Å². The molecule has 0 aromatic carbocycles. The summed E-state index contributed by atoms with van der Waals surface area (Å²) in [6.07, 6.45) is 89.6. The van der Waals surface area contributed by atoms with E-state index in [2.05, 4.69) is 43.5 Å². The van der Waals surface area contributed by atoms with Crippen molar-refractivity contribution in [2.24, 2.45) is 0 Å². The van der Waals surface area contributed by atoms with Gasteiger partial charge in [-0.2, -0.15) is 0 Å². The molecule has 0 aromatic heterocycles. The van der Waals surface area contributed by atoms with Crippen LogP contribution in [0.5, 0.6) is 0 Å². The molecule has 1 amide bonds. The minimum atomic E-state index is -0.850. The summed E-state index contributed by atoms with van der Waals surface area (Å²) in [5, 5.41) is 23.3. The molecule has 0 aliphatic carbocycles. The maximum atomic E-state index is 12.5. The van der Waals surface area contributed by atoms with Crippen LogP contribution in [0.4, 0.5) is 0 Å². The van der Waals surface area contributed by atoms with E-state index in [4.69, 9.17) is 4.74 Å². The van der Waals surface area contributed by atoms with E-state index in [1.54, 1.807) is 6.08 Å². The molecule has 0 aliphatic rings. The number of hydrogen-bond donors (Lipinski definition) is 3. The van der Waals surface area contributed by atoms with E-state index in [9.17, 15) is 19.8 Å². The highest BCUT2D eigenvalue weighted by Crippen LogP contribution is 2.19. The summed E-state index contributed by atoms with van der Waals surface area (Å²) >= 11 is 0. The van der Waals surface area contributed by atoms with Gasteiger partial charge < -0.3 is 20.3 Å². The van der Waals surface area contributed by atoms with Crippen molar-refractivity contribution in [1.82, 2.24) is 5.32 Å². The number of nitrogens with one attached hydrogen (secondary N) is 1. The van der Waals surface area contributed by atoms with Gasteiger partial charge in [0, 0.05) is 12.8 Å². The first kappa shape index (κ1) is 78.1. The van der Waals surface area contributed by atoms with Crippen LogP contribution in [0.3, 0.4) is 0 Å². The molecule has 80 heavy (non-hydrogen) atoms. The molecule has 0 spiro atoms. The summed E-state index contributed by atoms with van der Waals surface area (Å²) in [7, 11) is 0. The largest absolute Gasteiger partial charge is 0.465 e. The van der Waals surface area contributed by atoms with Gasteiger partial charge in [0.1, 0.15) is 0 Å². The van der Waals surface area contributed by atoms with E-state index in [0.29, 0.717) is 19.4 Å². The van der Waals surface area contributed by atoms with Crippen LogP contribution in [0.1, 0.15) is 399 Å². The minimum Gasteiger partial charge on any atom is -0.465 e. The molecule has 0 bridgehead atoms. The Kier molecular flexibility index (Phi) is 67.9. The smallest absolute Gasteiger partial charge is 0.305 e. The predicted octanol–water partition coefficient (Wildman–Crippen LogP) is 23.5. The van der Waals surface area contributed by atoms with Gasteiger partial charge in [-0.3, -0.25) is 9.59 Å². The van der Waals surface area contributed by atoms with Crippen LogP contribution in [0.2, 0.25) is 0 Å². The van der Waals surface area contributed by atoms with Crippen LogP contribution in [-0.2, 0) is 14.3 Å². The lowest BCUT2D eigenvalue weighted by Gasteiger charge is -2.20. The number of allylic oxidation sites excluding steroid dienone is 4. The topological polar surface area (TPSA) is 95.9 Å². The summed E-state index contributed by atoms with van der Waals surface area (Å²) in [6.45, 7) is 4.84. The maximum Gasteiger partial charge on any atom is 0.305 e. The zero-order valence-electron chi connectivity index (χ0n) is 54.1. The monoisotopic (exact) mass is 1120 g/mol. The van der Waals surface area contributed by atoms with Crippen molar-refractivity contribution in [3.8, 4) is 0 Å². The number of esters is 1. The van der Waals surface area contributed by atoms with Crippen molar-refractivity contribution >= 4 is 11.9 Å². The van der Waals surface area contributed by atoms with Gasteiger partial charge in [0.05, 0.1) is 25.4 Å². The average Bonchev–Trinajstić information content (AvgIpc) is 3.46. The summed E-state index contributed by atoms with van der Waals surface area (Å²) in [5.74, 6) is -0.0992. The average molecular weight is 1120 g/mol. The molecule has 2 unspecified atom stereocenters. The van der Waals surface area contributed by atoms with E-state index in [-0.39, 0.29) is 18.5 Å². The quantitative estimate of drug-likeness (QED) is 0.0320. The van der Waals surface area contributed by atoms with Crippen LogP contribution >= 0.6 is 0 Å². The Hall–Kier alpha value is -1.92. The molecule has 0 saturated carbocycles. The molecule has 6 heteroatoms. The molecule has 0 heterocycles. The number of carbonyl (C=O) groups excluding carboxylic acids is 2. The van der Waals surface area contributed by atoms with Gasteiger partial charge in [-0.15, -0.1) is 0 Å². The predicted molar refractivity (Wildman–Crippen MR) is 352 cm³/mol. The fourth-order valence-corrected chi connectivity index (χ4v) is 11.4. The van der Waals surface area contributed by atoms with Crippen molar-refractivity contribution in [2.45, 2.75) is 411 Å². The Morgan fingerprint density at radius 2 is 0.625 bits per heavy atom. The van der Waals surface area contributed by atoms with E-state index in [1.165, 1.54) is 321 Å². The third-order valence-corrected chi connectivity index (χ3v) is 16.9. The first-order valence-electron chi connectivity index (χ1n) is 36.3. The first-order valence-corrected chi connectivity index (χ1v) is 36.3. The van der Waals surface area contributed by atoms with Gasteiger partial charge in [0.25, 0.3) is 0 Å². The second-order valence-corrected chi connectivity index (χ2v) is 24.9. The number of ether oxygens (including phenoxy) is 1. The zero-order chi connectivity index (χ0) is 57.8. The van der Waals surface area contributed by atoms with Crippen LogP contribution in [0, 0.1) is 0 Å². The Balaban J connectivity index is 3.46. The summed E-state index contributed by atoms with van der Waals surface area (Å²) in [4.78, 5) is 24.6. The zero-order valence-corrected chi connectivity index (χ0v) is 54.1. The lowest BCUT2D eigenvalue weighted by atomic mass is 10.0. The van der Waals surface area contributed by atoms with E-state index in [0.717, 1.165) is 51.4 Å². The highest BCUT2D eigenvalue weighted by molar-refractivity contribution is 5.76. The fraction of sp³-hybridized carbons (Fsp3) is 0.892. The number of carbonyl (C=O) groups is 2. The van der Waals surface area contributed by atoms with Crippen LogP contribution < -0.4 is 5.32 Å². The Morgan fingerprint density at radius 1 is 0.350 bits per heavy atom. The molecule has 472 valence electrons. The normalized spacial score (nSPS) is 12.7. The molecular weight excluding hydrogens is 983 g/mol.